The average Bonchev–Trinajstić information content (AvgIpc) is 3.67. The number of fused-ring (bicyclic) bond motifs is 1. The molecule has 2 heterocycles. The van der Waals surface area contributed by atoms with E-state index in [1.54, 1.807) is 67.6 Å². The number of hydrogen-bond acceptors (Lipinski definition) is 6. The van der Waals surface area contributed by atoms with Crippen LogP contribution < -0.4 is 10.6 Å². The lowest BCUT2D eigenvalue weighted by atomic mass is 9.75. The molecule has 0 unspecified atom stereocenters. The van der Waals surface area contributed by atoms with Gasteiger partial charge in [0.05, 0.1) is 52.1 Å². The molecule has 0 bridgehead atoms. The lowest BCUT2D eigenvalue weighted by Gasteiger charge is -2.38. The quantitative estimate of drug-likeness (QED) is 0.152. The van der Waals surface area contributed by atoms with Crippen molar-refractivity contribution >= 4 is 58.3 Å². The molecule has 4 aromatic rings. The van der Waals surface area contributed by atoms with E-state index in [-0.39, 0.29) is 45.8 Å². The summed E-state index contributed by atoms with van der Waals surface area (Å²) in [4.78, 5) is 40.3. The molecule has 9 nitrogen and oxygen atoms in total. The Morgan fingerprint density at radius 2 is 1.41 bits per heavy atom. The Bertz CT molecular complexity index is 1820. The van der Waals surface area contributed by atoms with E-state index in [0.717, 1.165) is 5.56 Å². The van der Waals surface area contributed by atoms with Crippen LogP contribution in [0, 0.1) is 12.8 Å². The highest BCUT2D eigenvalue weighted by Gasteiger charge is 2.59. The third kappa shape index (κ3) is 7.33. The van der Waals surface area contributed by atoms with Crippen molar-refractivity contribution in [2.75, 3.05) is 18.5 Å². The minimum Gasteiger partial charge on any atom is -0.479 e. The zero-order valence-electron chi connectivity index (χ0n) is 26.3. The molecular formula is C37H33Cl3N2O7. The number of anilines is 1. The fraction of sp³-hybridized carbons (Fsp3) is 0.270. The highest BCUT2D eigenvalue weighted by Crippen LogP contribution is 2.41. The van der Waals surface area contributed by atoms with E-state index in [9.17, 15) is 19.5 Å². The van der Waals surface area contributed by atoms with Gasteiger partial charge in [0, 0.05) is 18.0 Å². The lowest BCUT2D eigenvalue weighted by molar-refractivity contribution is -0.149. The largest absolute Gasteiger partial charge is 0.479 e. The summed E-state index contributed by atoms with van der Waals surface area (Å²) in [7, 11) is 0. The van der Waals surface area contributed by atoms with Crippen molar-refractivity contribution in [1.82, 2.24) is 5.32 Å². The van der Waals surface area contributed by atoms with Crippen LogP contribution in [-0.4, -0.2) is 60.0 Å². The fourth-order valence-corrected chi connectivity index (χ4v) is 7.36. The number of carboxylic acid groups (broad SMARTS) is 1. The molecule has 0 spiro atoms. The second-order valence-corrected chi connectivity index (χ2v) is 13.3. The van der Waals surface area contributed by atoms with Crippen LogP contribution >= 0.6 is 34.8 Å². The first-order chi connectivity index (χ1) is 23.6. The average molecular weight is 724 g/mol. The molecule has 0 aliphatic carbocycles. The first-order valence-corrected chi connectivity index (χ1v) is 16.7. The van der Waals surface area contributed by atoms with Crippen LogP contribution in [0.5, 0.6) is 0 Å². The van der Waals surface area contributed by atoms with Gasteiger partial charge >= 0.3 is 5.97 Å². The minimum atomic E-state index is -1.88. The standard InChI is InChI=1S/C37H33Cl3N2O7/c1-21-7-5-10-26(38)30(21)35(44)42-37(36(45)46,25-19-48-33-29(20-49-32(25)33)47-18-23-8-3-2-4-9-23)17-22-13-15-24(16-14-22)41-34(43)31-27(39)11-6-12-28(31)40/h2-16,25,29,32-33H,17-20H2,1H3,(H,41,43)(H,42,44)(H,45,46)/t25-,29-,32+,33-,37-/m0/s1. The number of benzene rings is 4. The van der Waals surface area contributed by atoms with E-state index < -0.39 is 47.6 Å². The van der Waals surface area contributed by atoms with Gasteiger partial charge in [0.2, 0.25) is 0 Å². The summed E-state index contributed by atoms with van der Waals surface area (Å²) >= 11 is 18.9. The molecule has 6 rings (SSSR count). The van der Waals surface area contributed by atoms with Crippen molar-refractivity contribution in [2.45, 2.75) is 43.8 Å². The zero-order chi connectivity index (χ0) is 34.7. The Morgan fingerprint density at radius 3 is 2.06 bits per heavy atom. The van der Waals surface area contributed by atoms with Crippen molar-refractivity contribution in [1.29, 1.82) is 0 Å². The molecule has 2 saturated heterocycles. The molecule has 2 aliphatic heterocycles. The van der Waals surface area contributed by atoms with E-state index in [2.05, 4.69) is 10.6 Å². The molecule has 254 valence electrons. The third-order valence-electron chi connectivity index (χ3n) is 9.00. The topological polar surface area (TPSA) is 123 Å². The second-order valence-electron chi connectivity index (χ2n) is 12.1. The molecule has 3 N–H and O–H groups in total. The maximum atomic E-state index is 13.9. The highest BCUT2D eigenvalue weighted by atomic mass is 35.5. The maximum absolute atomic E-state index is 13.9. The molecule has 5 atom stereocenters. The third-order valence-corrected chi connectivity index (χ3v) is 9.94. The van der Waals surface area contributed by atoms with E-state index >= 15 is 0 Å². The van der Waals surface area contributed by atoms with Gasteiger partial charge in [-0.05, 0) is 53.9 Å². The Hall–Kier alpha value is -3.96. The zero-order valence-corrected chi connectivity index (χ0v) is 28.6. The van der Waals surface area contributed by atoms with Crippen LogP contribution in [0.2, 0.25) is 15.1 Å². The second kappa shape index (κ2) is 14.9. The molecule has 49 heavy (non-hydrogen) atoms. The normalized spacial score (nSPS) is 21.1. The van der Waals surface area contributed by atoms with Gasteiger partial charge in [-0.25, -0.2) is 4.79 Å². The van der Waals surface area contributed by atoms with Gasteiger partial charge in [-0.15, -0.1) is 0 Å². The van der Waals surface area contributed by atoms with Gasteiger partial charge in [-0.2, -0.15) is 0 Å². The van der Waals surface area contributed by atoms with Crippen LogP contribution in [0.15, 0.2) is 91.0 Å². The van der Waals surface area contributed by atoms with Crippen molar-refractivity contribution in [2.24, 2.45) is 5.92 Å². The Morgan fingerprint density at radius 1 is 0.776 bits per heavy atom. The fourth-order valence-electron chi connectivity index (χ4n) is 6.48. The number of halogens is 3. The number of carbonyl (C=O) groups excluding carboxylic acids is 2. The van der Waals surface area contributed by atoms with Gasteiger partial charge in [0.25, 0.3) is 11.8 Å². The number of aryl methyl sites for hydroxylation is 1. The molecule has 4 aromatic carbocycles. The number of carboxylic acids is 1. The molecule has 12 heteroatoms. The number of nitrogens with one attached hydrogen (secondary N) is 2. The van der Waals surface area contributed by atoms with Gasteiger partial charge in [0.1, 0.15) is 17.7 Å². The maximum Gasteiger partial charge on any atom is 0.330 e. The minimum absolute atomic E-state index is 0.00134. The monoisotopic (exact) mass is 722 g/mol. The van der Waals surface area contributed by atoms with Crippen molar-refractivity contribution in [3.63, 3.8) is 0 Å². The number of rotatable bonds is 11. The first-order valence-electron chi connectivity index (χ1n) is 15.6. The Balaban J connectivity index is 1.28. The summed E-state index contributed by atoms with van der Waals surface area (Å²) in [5.41, 5.74) is 1.02. The Labute approximate surface area is 298 Å². The van der Waals surface area contributed by atoms with E-state index in [0.29, 0.717) is 23.4 Å². The summed E-state index contributed by atoms with van der Waals surface area (Å²) < 4.78 is 18.5. The molecular weight excluding hydrogens is 691 g/mol. The predicted molar refractivity (Wildman–Crippen MR) is 187 cm³/mol. The number of ether oxygens (including phenoxy) is 3. The van der Waals surface area contributed by atoms with Gasteiger partial charge in [-0.3, -0.25) is 9.59 Å². The summed E-state index contributed by atoms with van der Waals surface area (Å²) in [5, 5.41) is 17.2. The lowest BCUT2D eigenvalue weighted by Crippen LogP contribution is -2.63. The molecule has 0 aromatic heterocycles. The van der Waals surface area contributed by atoms with Crippen molar-refractivity contribution in [3.8, 4) is 0 Å². The van der Waals surface area contributed by atoms with Crippen LogP contribution in [0.25, 0.3) is 0 Å². The first kappa shape index (κ1) is 34.9. The SMILES string of the molecule is Cc1cccc(Cl)c1C(=O)N[C@](Cc1ccc(NC(=O)c2c(Cl)cccc2Cl)cc1)(C(=O)O)[C@H]1CO[C@@H]2[C@@H]1OC[C@@H]2OCc1ccccc1. The van der Waals surface area contributed by atoms with E-state index in [1.807, 2.05) is 30.3 Å². The highest BCUT2D eigenvalue weighted by molar-refractivity contribution is 6.40. The number of carbonyl (C=O) groups is 3. The number of aliphatic carboxylic acids is 1. The number of hydrogen-bond donors (Lipinski definition) is 3. The summed E-state index contributed by atoms with van der Waals surface area (Å²) in [6.45, 7) is 2.27. The van der Waals surface area contributed by atoms with Crippen LogP contribution in [0.4, 0.5) is 5.69 Å². The van der Waals surface area contributed by atoms with Crippen molar-refractivity contribution in [3.05, 3.63) is 134 Å². The van der Waals surface area contributed by atoms with E-state index in [4.69, 9.17) is 49.0 Å². The van der Waals surface area contributed by atoms with Crippen LogP contribution in [0.1, 0.15) is 37.4 Å². The smallest absolute Gasteiger partial charge is 0.330 e. The van der Waals surface area contributed by atoms with Crippen molar-refractivity contribution < 1.29 is 33.7 Å². The number of amides is 2. The molecule has 2 fully saturated rings. The van der Waals surface area contributed by atoms with Gasteiger partial charge in [0.15, 0.2) is 0 Å². The van der Waals surface area contributed by atoms with Gasteiger partial charge in [-0.1, -0.05) is 95.5 Å². The van der Waals surface area contributed by atoms with Crippen LogP contribution in [0.3, 0.4) is 0 Å². The van der Waals surface area contributed by atoms with Gasteiger partial charge < -0.3 is 30.0 Å². The summed E-state index contributed by atoms with van der Waals surface area (Å²) in [6.07, 6.45) is -1.78. The molecule has 2 aliphatic rings. The molecule has 0 saturated carbocycles. The predicted octanol–water partition coefficient (Wildman–Crippen LogP) is 7.00. The van der Waals surface area contributed by atoms with E-state index in [1.165, 1.54) is 0 Å². The molecule has 0 radical (unpaired) electrons. The molecule has 2 amide bonds. The summed E-state index contributed by atoms with van der Waals surface area (Å²) in [6, 6.07) is 26.1. The Kier molecular flexibility index (Phi) is 10.6. The van der Waals surface area contributed by atoms with Crippen LogP contribution in [-0.2, 0) is 32.0 Å². The summed E-state index contributed by atoms with van der Waals surface area (Å²) in [5.74, 6) is -3.19.